The van der Waals surface area contributed by atoms with Gasteiger partial charge in [-0.3, -0.25) is 5.01 Å². The van der Waals surface area contributed by atoms with E-state index in [9.17, 15) is 13.5 Å². The van der Waals surface area contributed by atoms with E-state index < -0.39 is 10.0 Å². The van der Waals surface area contributed by atoms with Crippen LogP contribution in [0.1, 0.15) is 23.6 Å². The molecule has 0 bridgehead atoms. The lowest BCUT2D eigenvalue weighted by atomic mass is 9.98. The second-order valence-corrected chi connectivity index (χ2v) is 8.75. The van der Waals surface area contributed by atoms with Crippen molar-refractivity contribution in [3.8, 4) is 5.75 Å². The molecule has 29 heavy (non-hydrogen) atoms. The first kappa shape index (κ1) is 19.4. The molecular formula is C21H18ClN3O3S. The number of rotatable bonds is 4. The second-order valence-electron chi connectivity index (χ2n) is 6.75. The van der Waals surface area contributed by atoms with E-state index in [0.29, 0.717) is 11.4 Å². The molecule has 0 amide bonds. The van der Waals surface area contributed by atoms with Crippen molar-refractivity contribution >= 4 is 33.0 Å². The van der Waals surface area contributed by atoms with E-state index in [1.54, 1.807) is 30.3 Å². The van der Waals surface area contributed by atoms with Gasteiger partial charge < -0.3 is 5.11 Å². The molecule has 0 spiro atoms. The molecule has 0 aliphatic carbocycles. The molecule has 1 heterocycles. The highest BCUT2D eigenvalue weighted by atomic mass is 35.5. The first-order valence-corrected chi connectivity index (χ1v) is 10.8. The van der Waals surface area contributed by atoms with Crippen molar-refractivity contribution in [2.75, 3.05) is 5.01 Å². The van der Waals surface area contributed by atoms with Crippen molar-refractivity contribution in [1.82, 2.24) is 0 Å². The van der Waals surface area contributed by atoms with E-state index >= 15 is 0 Å². The van der Waals surface area contributed by atoms with Crippen LogP contribution in [0.2, 0.25) is 5.02 Å². The van der Waals surface area contributed by atoms with Crippen LogP contribution in [0, 0.1) is 0 Å². The van der Waals surface area contributed by atoms with Gasteiger partial charge in [-0.1, -0.05) is 35.9 Å². The van der Waals surface area contributed by atoms with E-state index in [-0.39, 0.29) is 16.7 Å². The summed E-state index contributed by atoms with van der Waals surface area (Å²) >= 11 is 6.04. The Labute approximate surface area is 173 Å². The standard InChI is InChI=1S/C21H18ClN3O3S/c22-16-6-4-14(5-7-16)21-13-20(15-2-1-3-18(26)12-15)24-25(21)17-8-10-19(11-9-17)29(23,27)28/h1-12,21,26H,13H2,(H2,23,27,28)/t21-/m0/s1. The third kappa shape index (κ3) is 4.12. The van der Waals surface area contributed by atoms with Crippen LogP contribution in [0.3, 0.4) is 0 Å². The summed E-state index contributed by atoms with van der Waals surface area (Å²) in [5.41, 5.74) is 3.39. The molecule has 0 fully saturated rings. The Kier molecular flexibility index (Phi) is 5.04. The predicted octanol–water partition coefficient (Wildman–Crippen LogP) is 4.05. The number of aromatic hydroxyl groups is 1. The number of hydrazone groups is 1. The van der Waals surface area contributed by atoms with Crippen molar-refractivity contribution in [3.05, 3.63) is 88.9 Å². The van der Waals surface area contributed by atoms with Gasteiger partial charge in [-0.2, -0.15) is 5.10 Å². The molecule has 8 heteroatoms. The molecule has 0 radical (unpaired) electrons. The SMILES string of the molecule is NS(=O)(=O)c1ccc(N2N=C(c3cccc(O)c3)C[C@H]2c2ccc(Cl)cc2)cc1. The lowest BCUT2D eigenvalue weighted by Crippen LogP contribution is -2.19. The molecule has 1 aliphatic heterocycles. The average Bonchev–Trinajstić information content (AvgIpc) is 3.13. The number of nitrogens with two attached hydrogens (primary N) is 1. The Bertz CT molecular complexity index is 1180. The van der Waals surface area contributed by atoms with Crippen molar-refractivity contribution in [2.24, 2.45) is 10.2 Å². The molecule has 148 valence electrons. The highest BCUT2D eigenvalue weighted by Gasteiger charge is 2.30. The molecular weight excluding hydrogens is 410 g/mol. The Morgan fingerprint density at radius 3 is 2.34 bits per heavy atom. The number of sulfonamides is 1. The maximum atomic E-state index is 11.6. The van der Waals surface area contributed by atoms with E-state index in [4.69, 9.17) is 21.8 Å². The van der Waals surface area contributed by atoms with Crippen LogP contribution in [0.15, 0.2) is 82.8 Å². The number of hydrogen-bond donors (Lipinski definition) is 2. The van der Waals surface area contributed by atoms with E-state index in [1.807, 2.05) is 35.3 Å². The summed E-state index contributed by atoms with van der Waals surface area (Å²) in [6.07, 6.45) is 0.613. The Balaban J connectivity index is 1.75. The molecule has 3 N–H and O–H groups in total. The fraction of sp³-hybridized carbons (Fsp3) is 0.0952. The monoisotopic (exact) mass is 427 g/mol. The third-order valence-electron chi connectivity index (χ3n) is 4.77. The normalized spacial score (nSPS) is 16.7. The maximum absolute atomic E-state index is 11.6. The summed E-state index contributed by atoms with van der Waals surface area (Å²) in [7, 11) is -3.77. The van der Waals surface area contributed by atoms with Crippen molar-refractivity contribution < 1.29 is 13.5 Å². The molecule has 1 aliphatic rings. The molecule has 3 aromatic carbocycles. The zero-order chi connectivity index (χ0) is 20.6. The van der Waals surface area contributed by atoms with Crippen molar-refractivity contribution in [3.63, 3.8) is 0 Å². The summed E-state index contributed by atoms with van der Waals surface area (Å²) in [5, 5.41) is 22.3. The van der Waals surface area contributed by atoms with Gasteiger partial charge in [0.1, 0.15) is 5.75 Å². The fourth-order valence-electron chi connectivity index (χ4n) is 3.34. The zero-order valence-electron chi connectivity index (χ0n) is 15.2. The number of phenols is 1. The number of primary sulfonamides is 1. The molecule has 0 saturated carbocycles. The Morgan fingerprint density at radius 1 is 1.03 bits per heavy atom. The quantitative estimate of drug-likeness (QED) is 0.656. The molecule has 0 saturated heterocycles. The van der Waals surface area contributed by atoms with Gasteiger partial charge in [0.15, 0.2) is 0 Å². The number of phenolic OH excluding ortho intramolecular Hbond substituents is 1. The molecule has 4 rings (SSSR count). The molecule has 1 atom stereocenters. The highest BCUT2D eigenvalue weighted by Crippen LogP contribution is 2.37. The van der Waals surface area contributed by atoms with E-state index in [2.05, 4.69) is 0 Å². The number of anilines is 1. The molecule has 3 aromatic rings. The van der Waals surface area contributed by atoms with Crippen LogP contribution in [0.5, 0.6) is 5.75 Å². The largest absolute Gasteiger partial charge is 0.508 e. The van der Waals surface area contributed by atoms with Gasteiger partial charge in [0.25, 0.3) is 0 Å². The van der Waals surface area contributed by atoms with Gasteiger partial charge in [0.05, 0.1) is 22.3 Å². The first-order valence-electron chi connectivity index (χ1n) is 8.86. The van der Waals surface area contributed by atoms with Gasteiger partial charge in [-0.05, 0) is 54.1 Å². The second kappa shape index (κ2) is 7.51. The summed E-state index contributed by atoms with van der Waals surface area (Å²) < 4.78 is 23.1. The molecule has 0 aromatic heterocycles. The minimum absolute atomic E-state index is 0.0423. The van der Waals surface area contributed by atoms with Gasteiger partial charge in [-0.15, -0.1) is 0 Å². The Morgan fingerprint density at radius 2 is 1.72 bits per heavy atom. The van der Waals surface area contributed by atoms with Crippen LogP contribution in [0.25, 0.3) is 0 Å². The van der Waals surface area contributed by atoms with Crippen LogP contribution < -0.4 is 10.1 Å². The van der Waals surface area contributed by atoms with Crippen LogP contribution >= 0.6 is 11.6 Å². The fourth-order valence-corrected chi connectivity index (χ4v) is 3.98. The summed E-state index contributed by atoms with van der Waals surface area (Å²) in [6, 6.07) is 20.7. The van der Waals surface area contributed by atoms with Gasteiger partial charge in [0, 0.05) is 17.0 Å². The lowest BCUT2D eigenvalue weighted by molar-refractivity contribution is 0.475. The molecule has 6 nitrogen and oxygen atoms in total. The van der Waals surface area contributed by atoms with Crippen LogP contribution in [0.4, 0.5) is 5.69 Å². The van der Waals surface area contributed by atoms with Crippen molar-refractivity contribution in [1.29, 1.82) is 0 Å². The first-order chi connectivity index (χ1) is 13.8. The maximum Gasteiger partial charge on any atom is 0.238 e. The molecule has 0 unspecified atom stereocenters. The van der Waals surface area contributed by atoms with Crippen molar-refractivity contribution in [2.45, 2.75) is 17.4 Å². The minimum atomic E-state index is -3.77. The Hall–Kier alpha value is -2.87. The smallest absolute Gasteiger partial charge is 0.238 e. The number of nitrogens with zero attached hydrogens (tertiary/aromatic N) is 2. The van der Waals surface area contributed by atoms with Gasteiger partial charge in [0.2, 0.25) is 10.0 Å². The summed E-state index contributed by atoms with van der Waals surface area (Å²) in [6.45, 7) is 0. The van der Waals surface area contributed by atoms with E-state index in [0.717, 1.165) is 22.5 Å². The van der Waals surface area contributed by atoms with Crippen LogP contribution in [-0.2, 0) is 10.0 Å². The summed E-state index contributed by atoms with van der Waals surface area (Å²) in [5.74, 6) is 0.171. The highest BCUT2D eigenvalue weighted by molar-refractivity contribution is 7.89. The number of benzene rings is 3. The third-order valence-corrected chi connectivity index (χ3v) is 5.96. The summed E-state index contributed by atoms with van der Waals surface area (Å²) in [4.78, 5) is 0.0423. The predicted molar refractivity (Wildman–Crippen MR) is 114 cm³/mol. The van der Waals surface area contributed by atoms with Crippen LogP contribution in [-0.4, -0.2) is 19.2 Å². The van der Waals surface area contributed by atoms with Gasteiger partial charge in [-0.25, -0.2) is 13.6 Å². The number of halogens is 1. The minimum Gasteiger partial charge on any atom is -0.508 e. The average molecular weight is 428 g/mol. The number of hydrogen-bond acceptors (Lipinski definition) is 5. The van der Waals surface area contributed by atoms with E-state index in [1.165, 1.54) is 12.1 Å². The topological polar surface area (TPSA) is 96.0 Å². The lowest BCUT2D eigenvalue weighted by Gasteiger charge is -2.24. The van der Waals surface area contributed by atoms with Gasteiger partial charge >= 0.3 is 0 Å². The zero-order valence-corrected chi connectivity index (χ0v) is 16.8.